The number of nitrogens with one attached hydrogen (secondary N) is 2. The number of ether oxygens (including phenoxy) is 1. The molecule has 116 valence electrons. The van der Waals surface area contributed by atoms with Crippen LogP contribution in [0.15, 0.2) is 6.33 Å². The molecule has 0 spiro atoms. The van der Waals surface area contributed by atoms with Crippen LogP contribution < -0.4 is 10.6 Å². The molecule has 1 heterocycles. The van der Waals surface area contributed by atoms with E-state index in [4.69, 9.17) is 4.74 Å². The molecule has 1 rings (SSSR count). The molecule has 0 saturated carbocycles. The SMILES string of the molecule is CNc1ncnc(NC(CC(C)C)C(=O)OC)c1[N+](=O)[O-]. The Hall–Kier alpha value is -2.45. The van der Waals surface area contributed by atoms with Gasteiger partial charge in [0, 0.05) is 7.05 Å². The highest BCUT2D eigenvalue weighted by atomic mass is 16.6. The van der Waals surface area contributed by atoms with E-state index in [1.165, 1.54) is 20.5 Å². The normalized spacial score (nSPS) is 11.9. The summed E-state index contributed by atoms with van der Waals surface area (Å²) in [5, 5.41) is 16.6. The molecule has 0 aliphatic rings. The molecule has 0 saturated heterocycles. The minimum Gasteiger partial charge on any atom is -0.467 e. The van der Waals surface area contributed by atoms with E-state index >= 15 is 0 Å². The van der Waals surface area contributed by atoms with Gasteiger partial charge in [-0.1, -0.05) is 13.8 Å². The van der Waals surface area contributed by atoms with Gasteiger partial charge in [-0.2, -0.15) is 0 Å². The van der Waals surface area contributed by atoms with Gasteiger partial charge < -0.3 is 15.4 Å². The Balaban J connectivity index is 3.14. The fourth-order valence-corrected chi connectivity index (χ4v) is 1.83. The van der Waals surface area contributed by atoms with Gasteiger partial charge in [0.05, 0.1) is 12.0 Å². The summed E-state index contributed by atoms with van der Waals surface area (Å²) < 4.78 is 4.71. The topological polar surface area (TPSA) is 119 Å². The maximum Gasteiger partial charge on any atom is 0.353 e. The number of hydrogen-bond donors (Lipinski definition) is 2. The number of hydrogen-bond acceptors (Lipinski definition) is 8. The van der Waals surface area contributed by atoms with Gasteiger partial charge in [0.25, 0.3) is 0 Å². The van der Waals surface area contributed by atoms with Crippen molar-refractivity contribution in [3.63, 3.8) is 0 Å². The molecule has 0 bridgehead atoms. The Morgan fingerprint density at radius 2 is 2.05 bits per heavy atom. The highest BCUT2D eigenvalue weighted by Crippen LogP contribution is 2.29. The van der Waals surface area contributed by atoms with Crippen LogP contribution in [0.4, 0.5) is 17.3 Å². The van der Waals surface area contributed by atoms with E-state index < -0.39 is 16.9 Å². The summed E-state index contributed by atoms with van der Waals surface area (Å²) in [6, 6.07) is -0.715. The van der Waals surface area contributed by atoms with Crippen LogP contribution in [0, 0.1) is 16.0 Å². The largest absolute Gasteiger partial charge is 0.467 e. The second-order valence-electron chi connectivity index (χ2n) is 4.78. The van der Waals surface area contributed by atoms with Crippen LogP contribution in [0.3, 0.4) is 0 Å². The summed E-state index contributed by atoms with van der Waals surface area (Å²) >= 11 is 0. The van der Waals surface area contributed by atoms with Gasteiger partial charge in [-0.25, -0.2) is 14.8 Å². The number of methoxy groups -OCH3 is 1. The van der Waals surface area contributed by atoms with Crippen molar-refractivity contribution in [3.8, 4) is 0 Å². The standard InChI is InChI=1S/C12H19N5O4/c1-7(2)5-8(12(18)21-4)16-11-9(17(19)20)10(13-3)14-6-15-11/h6-8H,5H2,1-4H3,(H2,13,14,15,16). The minimum absolute atomic E-state index is 0.0181. The number of rotatable bonds is 7. The molecule has 1 unspecified atom stereocenters. The zero-order chi connectivity index (χ0) is 16.0. The summed E-state index contributed by atoms with van der Waals surface area (Å²) in [6.45, 7) is 3.87. The first-order valence-corrected chi connectivity index (χ1v) is 6.42. The van der Waals surface area contributed by atoms with Crippen LogP contribution in [0.2, 0.25) is 0 Å². The van der Waals surface area contributed by atoms with Gasteiger partial charge in [0.1, 0.15) is 12.4 Å². The first kappa shape index (κ1) is 16.6. The average Bonchev–Trinajstić information content (AvgIpc) is 2.44. The molecule has 0 fully saturated rings. The van der Waals surface area contributed by atoms with Crippen LogP contribution in [-0.2, 0) is 9.53 Å². The number of carbonyl (C=O) groups excluding carboxylic acids is 1. The maximum absolute atomic E-state index is 11.8. The van der Waals surface area contributed by atoms with E-state index in [1.807, 2.05) is 13.8 Å². The molecule has 0 radical (unpaired) electrons. The number of aromatic nitrogens is 2. The van der Waals surface area contributed by atoms with Gasteiger partial charge in [0.2, 0.25) is 11.6 Å². The van der Waals surface area contributed by atoms with Gasteiger partial charge in [-0.05, 0) is 12.3 Å². The van der Waals surface area contributed by atoms with E-state index in [1.54, 1.807) is 0 Å². The van der Waals surface area contributed by atoms with Crippen molar-refractivity contribution in [3.05, 3.63) is 16.4 Å². The maximum atomic E-state index is 11.8. The summed E-state index contributed by atoms with van der Waals surface area (Å²) in [6.07, 6.45) is 1.65. The number of nitro groups is 1. The van der Waals surface area contributed by atoms with E-state index in [-0.39, 0.29) is 23.2 Å². The summed E-state index contributed by atoms with van der Waals surface area (Å²) in [7, 11) is 2.79. The van der Waals surface area contributed by atoms with Crippen molar-refractivity contribution in [2.75, 3.05) is 24.8 Å². The lowest BCUT2D eigenvalue weighted by Gasteiger charge is -2.18. The summed E-state index contributed by atoms with van der Waals surface area (Å²) in [5.74, 6) is -0.241. The number of esters is 1. The van der Waals surface area contributed by atoms with E-state index in [0.717, 1.165) is 0 Å². The quantitative estimate of drug-likeness (QED) is 0.440. The number of carbonyl (C=O) groups is 1. The summed E-state index contributed by atoms with van der Waals surface area (Å²) in [5.41, 5.74) is -0.308. The molecule has 9 heteroatoms. The first-order chi connectivity index (χ1) is 9.90. The lowest BCUT2D eigenvalue weighted by Crippen LogP contribution is -2.32. The molecular weight excluding hydrogens is 278 g/mol. The van der Waals surface area contributed by atoms with Crippen LogP contribution in [-0.4, -0.2) is 41.1 Å². The molecule has 1 atom stereocenters. The van der Waals surface area contributed by atoms with Crippen LogP contribution in [0.1, 0.15) is 20.3 Å². The molecule has 0 aliphatic carbocycles. The third-order valence-electron chi connectivity index (χ3n) is 2.75. The van der Waals surface area contributed by atoms with Gasteiger partial charge in [0.15, 0.2) is 0 Å². The second-order valence-corrected chi connectivity index (χ2v) is 4.78. The fraction of sp³-hybridized carbons (Fsp3) is 0.583. The predicted octanol–water partition coefficient (Wildman–Crippen LogP) is 1.43. The van der Waals surface area contributed by atoms with Crippen molar-refractivity contribution in [2.45, 2.75) is 26.3 Å². The second kappa shape index (κ2) is 7.36. The Bertz CT molecular complexity index is 520. The molecular formula is C12H19N5O4. The third-order valence-corrected chi connectivity index (χ3v) is 2.75. The monoisotopic (exact) mass is 297 g/mol. The molecule has 0 aromatic carbocycles. The highest BCUT2D eigenvalue weighted by Gasteiger charge is 2.27. The lowest BCUT2D eigenvalue weighted by atomic mass is 10.0. The van der Waals surface area contributed by atoms with Crippen molar-refractivity contribution in [1.82, 2.24) is 9.97 Å². The Morgan fingerprint density at radius 3 is 2.52 bits per heavy atom. The van der Waals surface area contributed by atoms with E-state index in [9.17, 15) is 14.9 Å². The number of nitrogens with zero attached hydrogens (tertiary/aromatic N) is 3. The first-order valence-electron chi connectivity index (χ1n) is 6.42. The molecule has 2 N–H and O–H groups in total. The van der Waals surface area contributed by atoms with Crippen molar-refractivity contribution < 1.29 is 14.5 Å². The molecule has 21 heavy (non-hydrogen) atoms. The predicted molar refractivity (Wildman–Crippen MR) is 77.1 cm³/mol. The molecule has 0 aliphatic heterocycles. The Kier molecular flexibility index (Phi) is 5.82. The van der Waals surface area contributed by atoms with Crippen LogP contribution in [0.25, 0.3) is 0 Å². The van der Waals surface area contributed by atoms with Crippen molar-refractivity contribution in [1.29, 1.82) is 0 Å². The average molecular weight is 297 g/mol. The van der Waals surface area contributed by atoms with Gasteiger partial charge in [-0.15, -0.1) is 0 Å². The highest BCUT2D eigenvalue weighted by molar-refractivity contribution is 5.81. The zero-order valence-electron chi connectivity index (χ0n) is 12.4. The number of anilines is 2. The third kappa shape index (κ3) is 4.26. The fourth-order valence-electron chi connectivity index (χ4n) is 1.83. The summed E-state index contributed by atoms with van der Waals surface area (Å²) in [4.78, 5) is 30.0. The Morgan fingerprint density at radius 1 is 1.43 bits per heavy atom. The van der Waals surface area contributed by atoms with Crippen LogP contribution in [0.5, 0.6) is 0 Å². The Labute approximate surface area is 122 Å². The van der Waals surface area contributed by atoms with Gasteiger partial charge in [-0.3, -0.25) is 10.1 Å². The van der Waals surface area contributed by atoms with Gasteiger partial charge >= 0.3 is 11.7 Å². The smallest absolute Gasteiger partial charge is 0.353 e. The van der Waals surface area contributed by atoms with Crippen molar-refractivity contribution >= 4 is 23.3 Å². The molecule has 1 aromatic rings. The zero-order valence-corrected chi connectivity index (χ0v) is 12.4. The van der Waals surface area contributed by atoms with Crippen LogP contribution >= 0.6 is 0 Å². The molecule has 9 nitrogen and oxygen atoms in total. The van der Waals surface area contributed by atoms with E-state index in [0.29, 0.717) is 6.42 Å². The molecule has 0 amide bonds. The van der Waals surface area contributed by atoms with E-state index in [2.05, 4.69) is 20.6 Å². The van der Waals surface area contributed by atoms with Crippen molar-refractivity contribution in [2.24, 2.45) is 5.92 Å². The molecule has 1 aromatic heterocycles. The minimum atomic E-state index is -0.715. The lowest BCUT2D eigenvalue weighted by molar-refractivity contribution is -0.383.